The second-order valence-corrected chi connectivity index (χ2v) is 9.27. The van der Waals surface area contributed by atoms with Gasteiger partial charge in [-0.25, -0.2) is 9.78 Å². The molecule has 0 saturated carbocycles. The van der Waals surface area contributed by atoms with Crippen molar-refractivity contribution >= 4 is 47.4 Å². The largest absolute Gasteiger partial charge is 0.444 e. The average molecular weight is 526 g/mol. The minimum Gasteiger partial charge on any atom is -0.444 e. The summed E-state index contributed by atoms with van der Waals surface area (Å²) in [4.78, 5) is 23.9. The lowest BCUT2D eigenvalue weighted by Gasteiger charge is -2.28. The van der Waals surface area contributed by atoms with Gasteiger partial charge in [0, 0.05) is 37.8 Å². The van der Waals surface area contributed by atoms with Gasteiger partial charge in [0.15, 0.2) is 5.96 Å². The van der Waals surface area contributed by atoms with Crippen molar-refractivity contribution in [3.63, 3.8) is 0 Å². The molecule has 28 heavy (non-hydrogen) atoms. The number of amides is 1. The van der Waals surface area contributed by atoms with E-state index in [1.807, 2.05) is 40.9 Å². The number of aliphatic imine (C=N–C) groups is 1. The molecule has 7 nitrogen and oxygen atoms in total. The number of rotatable bonds is 7. The van der Waals surface area contributed by atoms with Crippen LogP contribution in [0.4, 0.5) is 4.79 Å². The lowest BCUT2D eigenvalue weighted by atomic mass is 10.0. The van der Waals surface area contributed by atoms with Crippen LogP contribution in [0.25, 0.3) is 0 Å². The van der Waals surface area contributed by atoms with Gasteiger partial charge in [-0.05, 0) is 40.0 Å². The maximum absolute atomic E-state index is 12.1. The van der Waals surface area contributed by atoms with Gasteiger partial charge in [-0.2, -0.15) is 0 Å². The summed E-state index contributed by atoms with van der Waals surface area (Å²) in [7, 11) is 3.77. The number of carbonyl (C=O) groups is 1. The predicted molar refractivity (Wildman–Crippen MR) is 128 cm³/mol. The van der Waals surface area contributed by atoms with Crippen molar-refractivity contribution in [2.75, 3.05) is 20.6 Å². The van der Waals surface area contributed by atoms with E-state index in [9.17, 15) is 4.79 Å². The summed E-state index contributed by atoms with van der Waals surface area (Å²) in [5, 5.41) is 7.41. The Bertz CT molecular complexity index is 628. The van der Waals surface area contributed by atoms with E-state index in [0.717, 1.165) is 23.9 Å². The highest BCUT2D eigenvalue weighted by Crippen LogP contribution is 2.12. The third-order valence-electron chi connectivity index (χ3n) is 3.95. The molecule has 1 unspecified atom stereocenters. The first-order chi connectivity index (χ1) is 12.5. The standard InChI is InChI=1S/C19H35N5O2S.HI/c1-13(2)16(23-18(25)26-19(4,5)6)9-10-24(8)17(20-7)22-12-15-11-21-14(3)27-15;/h11,13,16H,9-10,12H2,1-8H3,(H,20,22)(H,23,25);1H. The van der Waals surface area contributed by atoms with Crippen LogP contribution in [0.2, 0.25) is 0 Å². The SMILES string of the molecule is CN=C(NCc1cnc(C)s1)N(C)CCC(NC(=O)OC(C)(C)C)C(C)C.I. The Hall–Kier alpha value is -1.10. The first-order valence-corrected chi connectivity index (χ1v) is 10.2. The molecule has 1 atom stereocenters. The molecular weight excluding hydrogens is 489 g/mol. The van der Waals surface area contributed by atoms with E-state index in [0.29, 0.717) is 12.5 Å². The monoisotopic (exact) mass is 525 g/mol. The van der Waals surface area contributed by atoms with E-state index in [2.05, 4.69) is 39.4 Å². The Morgan fingerprint density at radius 1 is 1.39 bits per heavy atom. The molecule has 1 rings (SSSR count). The molecule has 0 aliphatic carbocycles. The van der Waals surface area contributed by atoms with Crippen LogP contribution in [0.15, 0.2) is 11.2 Å². The molecule has 2 N–H and O–H groups in total. The van der Waals surface area contributed by atoms with Gasteiger partial charge in [-0.15, -0.1) is 35.3 Å². The van der Waals surface area contributed by atoms with Crippen LogP contribution in [0.1, 0.15) is 50.9 Å². The smallest absolute Gasteiger partial charge is 0.407 e. The molecule has 0 bridgehead atoms. The van der Waals surface area contributed by atoms with E-state index in [4.69, 9.17) is 4.74 Å². The number of hydrogen-bond acceptors (Lipinski definition) is 5. The van der Waals surface area contributed by atoms with E-state index in [1.54, 1.807) is 18.4 Å². The van der Waals surface area contributed by atoms with Crippen LogP contribution in [0.5, 0.6) is 0 Å². The third kappa shape index (κ3) is 10.4. The summed E-state index contributed by atoms with van der Waals surface area (Å²) >= 11 is 1.68. The quantitative estimate of drug-likeness (QED) is 0.320. The van der Waals surface area contributed by atoms with Crippen LogP contribution < -0.4 is 10.6 Å². The topological polar surface area (TPSA) is 78.9 Å². The third-order valence-corrected chi connectivity index (χ3v) is 4.86. The minimum absolute atomic E-state index is 0. The van der Waals surface area contributed by atoms with Crippen molar-refractivity contribution in [3.05, 3.63) is 16.1 Å². The highest BCUT2D eigenvalue weighted by molar-refractivity contribution is 14.0. The zero-order valence-electron chi connectivity index (χ0n) is 18.3. The molecule has 1 amide bonds. The number of nitrogens with zero attached hydrogens (tertiary/aromatic N) is 3. The van der Waals surface area contributed by atoms with Crippen molar-refractivity contribution in [2.24, 2.45) is 10.9 Å². The molecule has 0 radical (unpaired) electrons. The molecule has 0 saturated heterocycles. The number of aryl methyl sites for hydroxylation is 1. The normalized spacial score (nSPS) is 13.0. The van der Waals surface area contributed by atoms with E-state index in [1.165, 1.54) is 4.88 Å². The van der Waals surface area contributed by atoms with Crippen LogP contribution in [-0.4, -0.2) is 54.2 Å². The van der Waals surface area contributed by atoms with Crippen LogP contribution in [-0.2, 0) is 11.3 Å². The Labute approximate surface area is 190 Å². The highest BCUT2D eigenvalue weighted by Gasteiger charge is 2.22. The van der Waals surface area contributed by atoms with E-state index in [-0.39, 0.29) is 36.1 Å². The first kappa shape index (κ1) is 26.9. The van der Waals surface area contributed by atoms with Crippen LogP contribution in [0.3, 0.4) is 0 Å². The van der Waals surface area contributed by atoms with Crippen LogP contribution in [0, 0.1) is 12.8 Å². The number of halogens is 1. The van der Waals surface area contributed by atoms with Crippen molar-refractivity contribution in [2.45, 2.75) is 66.2 Å². The molecule has 162 valence electrons. The number of thiazole rings is 1. The number of ether oxygens (including phenoxy) is 1. The Kier molecular flexibility index (Phi) is 12.0. The molecule has 1 aromatic rings. The molecule has 0 spiro atoms. The van der Waals surface area contributed by atoms with Gasteiger partial charge >= 0.3 is 6.09 Å². The lowest BCUT2D eigenvalue weighted by Crippen LogP contribution is -2.45. The molecule has 0 fully saturated rings. The molecule has 9 heteroatoms. The zero-order valence-corrected chi connectivity index (χ0v) is 21.5. The fourth-order valence-corrected chi connectivity index (χ4v) is 3.24. The number of nitrogens with one attached hydrogen (secondary N) is 2. The van der Waals surface area contributed by atoms with Gasteiger partial charge in [0.2, 0.25) is 0 Å². The average Bonchev–Trinajstić information content (AvgIpc) is 2.95. The molecule has 0 aliphatic rings. The molecule has 1 aromatic heterocycles. The second kappa shape index (κ2) is 12.5. The van der Waals surface area contributed by atoms with Crippen molar-refractivity contribution in [3.8, 4) is 0 Å². The number of aromatic nitrogens is 1. The van der Waals surface area contributed by atoms with Crippen molar-refractivity contribution in [1.29, 1.82) is 0 Å². The summed E-state index contributed by atoms with van der Waals surface area (Å²) < 4.78 is 5.38. The van der Waals surface area contributed by atoms with Gasteiger partial charge in [0.1, 0.15) is 5.60 Å². The van der Waals surface area contributed by atoms with Gasteiger partial charge < -0.3 is 20.3 Å². The Morgan fingerprint density at radius 3 is 2.50 bits per heavy atom. The summed E-state index contributed by atoms with van der Waals surface area (Å²) in [5.74, 6) is 1.13. The summed E-state index contributed by atoms with van der Waals surface area (Å²) in [6, 6.07) is 0.0320. The molecular formula is C19H36IN5O2S. The van der Waals surface area contributed by atoms with Gasteiger partial charge in [-0.1, -0.05) is 13.8 Å². The fraction of sp³-hybridized carbons (Fsp3) is 0.737. The van der Waals surface area contributed by atoms with Gasteiger partial charge in [-0.3, -0.25) is 4.99 Å². The summed E-state index contributed by atoms with van der Waals surface area (Å²) in [5.41, 5.74) is -0.497. The minimum atomic E-state index is -0.497. The fourth-order valence-electron chi connectivity index (χ4n) is 2.51. The lowest BCUT2D eigenvalue weighted by molar-refractivity contribution is 0.0486. The van der Waals surface area contributed by atoms with Gasteiger partial charge in [0.25, 0.3) is 0 Å². The Balaban J connectivity index is 0.00000729. The first-order valence-electron chi connectivity index (χ1n) is 9.34. The molecule has 1 heterocycles. The zero-order chi connectivity index (χ0) is 20.6. The van der Waals surface area contributed by atoms with E-state index >= 15 is 0 Å². The molecule has 0 aromatic carbocycles. The van der Waals surface area contributed by atoms with Crippen molar-refractivity contribution < 1.29 is 9.53 Å². The summed E-state index contributed by atoms with van der Waals surface area (Å²) in [6.45, 7) is 13.3. The predicted octanol–water partition coefficient (Wildman–Crippen LogP) is 4.02. The number of guanidine groups is 1. The van der Waals surface area contributed by atoms with Crippen molar-refractivity contribution in [1.82, 2.24) is 20.5 Å². The maximum atomic E-state index is 12.1. The van der Waals surface area contributed by atoms with E-state index < -0.39 is 5.60 Å². The maximum Gasteiger partial charge on any atom is 0.407 e. The van der Waals surface area contributed by atoms with Gasteiger partial charge in [0.05, 0.1) is 11.6 Å². The second-order valence-electron chi connectivity index (χ2n) is 7.95. The number of alkyl carbamates (subject to hydrolysis) is 1. The van der Waals surface area contributed by atoms with Crippen LogP contribution >= 0.6 is 35.3 Å². The Morgan fingerprint density at radius 2 is 2.04 bits per heavy atom. The number of hydrogen-bond donors (Lipinski definition) is 2. The number of carbonyl (C=O) groups excluding carboxylic acids is 1. The summed E-state index contributed by atoms with van der Waals surface area (Å²) in [6.07, 6.45) is 2.32. The molecule has 0 aliphatic heterocycles. The highest BCUT2D eigenvalue weighted by atomic mass is 127.